The quantitative estimate of drug-likeness (QED) is 0.842. The molecule has 6 heteroatoms. The van der Waals surface area contributed by atoms with E-state index in [1.807, 2.05) is 13.0 Å². The predicted octanol–water partition coefficient (Wildman–Crippen LogP) is 1.46. The molecular weight excluding hydrogens is 280 g/mol. The number of rotatable bonds is 2. The summed E-state index contributed by atoms with van der Waals surface area (Å²) in [5.74, 6) is -0.221. The molecule has 114 valence electrons. The van der Waals surface area contributed by atoms with Gasteiger partial charge < -0.3 is 9.47 Å². The lowest BCUT2D eigenvalue weighted by Crippen LogP contribution is -2.36. The lowest BCUT2D eigenvalue weighted by molar-refractivity contribution is 0.0730. The number of amides is 1. The van der Waals surface area contributed by atoms with E-state index < -0.39 is 0 Å². The number of hydrogen-bond acceptors (Lipinski definition) is 4. The summed E-state index contributed by atoms with van der Waals surface area (Å²) in [4.78, 5) is 35.0. The van der Waals surface area contributed by atoms with Crippen molar-refractivity contribution < 1.29 is 4.79 Å². The van der Waals surface area contributed by atoms with Crippen LogP contribution in [-0.2, 0) is 7.05 Å². The number of carbonyl (C=O) groups excluding carboxylic acids is 1. The summed E-state index contributed by atoms with van der Waals surface area (Å²) < 4.78 is 1.50. The van der Waals surface area contributed by atoms with Gasteiger partial charge in [-0.15, -0.1) is 0 Å². The molecule has 2 aromatic rings. The lowest BCUT2D eigenvalue weighted by atomic mass is 10.1. The summed E-state index contributed by atoms with van der Waals surface area (Å²) in [6, 6.07) is 5.16. The highest BCUT2D eigenvalue weighted by molar-refractivity contribution is 5.94. The first-order chi connectivity index (χ1) is 10.6. The summed E-state index contributed by atoms with van der Waals surface area (Å²) in [6.07, 6.45) is 4.93. The molecule has 0 N–H and O–H groups in total. The Balaban J connectivity index is 1.95. The third kappa shape index (κ3) is 2.41. The van der Waals surface area contributed by atoms with Crippen molar-refractivity contribution in [3.63, 3.8) is 0 Å². The molecule has 1 saturated heterocycles. The van der Waals surface area contributed by atoms with Crippen LogP contribution in [-0.4, -0.2) is 31.9 Å². The Hall–Kier alpha value is -2.50. The summed E-state index contributed by atoms with van der Waals surface area (Å²) >= 11 is 0. The Labute approximate surface area is 128 Å². The van der Waals surface area contributed by atoms with Crippen LogP contribution in [0.5, 0.6) is 0 Å². The molecule has 22 heavy (non-hydrogen) atoms. The molecule has 6 nitrogen and oxygen atoms in total. The number of pyridine rings is 1. The van der Waals surface area contributed by atoms with Crippen LogP contribution >= 0.6 is 0 Å². The van der Waals surface area contributed by atoms with Gasteiger partial charge in [0.05, 0.1) is 11.7 Å². The van der Waals surface area contributed by atoms with Gasteiger partial charge in [-0.1, -0.05) is 0 Å². The van der Waals surface area contributed by atoms with Gasteiger partial charge in [0, 0.05) is 25.5 Å². The molecule has 0 saturated carbocycles. The SMILES string of the molecule is Cc1ccc(C(=O)N2CCCC2c2ccncn2)c(=O)n1C. The fourth-order valence-corrected chi connectivity index (χ4v) is 2.86. The van der Waals surface area contributed by atoms with Gasteiger partial charge in [-0.3, -0.25) is 9.59 Å². The maximum Gasteiger partial charge on any atom is 0.263 e. The lowest BCUT2D eigenvalue weighted by Gasteiger charge is -2.24. The maximum atomic E-state index is 12.8. The molecule has 1 aliphatic rings. The molecule has 0 aromatic carbocycles. The third-order valence-corrected chi connectivity index (χ3v) is 4.25. The second-order valence-electron chi connectivity index (χ2n) is 5.54. The molecule has 0 bridgehead atoms. The van der Waals surface area contributed by atoms with Crippen molar-refractivity contribution >= 4 is 5.91 Å². The maximum absolute atomic E-state index is 12.8. The van der Waals surface area contributed by atoms with Crippen LogP contribution < -0.4 is 5.56 Å². The minimum absolute atomic E-state index is 0.0819. The van der Waals surface area contributed by atoms with Crippen molar-refractivity contribution in [3.8, 4) is 0 Å². The van der Waals surface area contributed by atoms with E-state index in [-0.39, 0.29) is 23.1 Å². The van der Waals surface area contributed by atoms with E-state index in [2.05, 4.69) is 9.97 Å². The van der Waals surface area contributed by atoms with Gasteiger partial charge in [0.25, 0.3) is 11.5 Å². The Morgan fingerprint density at radius 1 is 1.32 bits per heavy atom. The molecule has 1 amide bonds. The Morgan fingerprint density at radius 2 is 2.14 bits per heavy atom. The molecule has 1 fully saturated rings. The van der Waals surface area contributed by atoms with Gasteiger partial charge in [0.15, 0.2) is 0 Å². The second kappa shape index (κ2) is 5.71. The van der Waals surface area contributed by atoms with E-state index in [9.17, 15) is 9.59 Å². The van der Waals surface area contributed by atoms with Gasteiger partial charge in [-0.25, -0.2) is 9.97 Å². The van der Waals surface area contributed by atoms with E-state index in [0.29, 0.717) is 6.54 Å². The summed E-state index contributed by atoms with van der Waals surface area (Å²) in [5.41, 5.74) is 1.62. The molecule has 1 unspecified atom stereocenters. The highest BCUT2D eigenvalue weighted by atomic mass is 16.2. The largest absolute Gasteiger partial charge is 0.330 e. The van der Waals surface area contributed by atoms with Crippen LogP contribution in [0.2, 0.25) is 0 Å². The van der Waals surface area contributed by atoms with Crippen LogP contribution in [0.25, 0.3) is 0 Å². The van der Waals surface area contributed by atoms with E-state index in [1.54, 1.807) is 30.3 Å². The summed E-state index contributed by atoms with van der Waals surface area (Å²) in [7, 11) is 1.68. The molecule has 0 spiro atoms. The number of aromatic nitrogens is 3. The van der Waals surface area contributed by atoms with E-state index in [0.717, 1.165) is 24.2 Å². The molecule has 0 aliphatic carbocycles. The van der Waals surface area contributed by atoms with Crippen molar-refractivity contribution in [2.45, 2.75) is 25.8 Å². The van der Waals surface area contributed by atoms with Gasteiger partial charge in [-0.05, 0) is 38.0 Å². The van der Waals surface area contributed by atoms with Crippen LogP contribution in [0, 0.1) is 6.92 Å². The molecule has 1 aliphatic heterocycles. The van der Waals surface area contributed by atoms with Crippen molar-refractivity contribution in [1.29, 1.82) is 0 Å². The minimum Gasteiger partial charge on any atom is -0.330 e. The second-order valence-corrected chi connectivity index (χ2v) is 5.54. The fourth-order valence-electron chi connectivity index (χ4n) is 2.86. The molecule has 2 aromatic heterocycles. The van der Waals surface area contributed by atoms with Crippen molar-refractivity contribution in [2.75, 3.05) is 6.54 Å². The first-order valence-electron chi connectivity index (χ1n) is 7.33. The highest BCUT2D eigenvalue weighted by Gasteiger charge is 2.32. The molecule has 3 heterocycles. The van der Waals surface area contributed by atoms with E-state index >= 15 is 0 Å². The average Bonchev–Trinajstić information content (AvgIpc) is 3.03. The molecular formula is C16H18N4O2. The average molecular weight is 298 g/mol. The number of aryl methyl sites for hydroxylation is 1. The minimum atomic E-state index is -0.252. The van der Waals surface area contributed by atoms with Crippen molar-refractivity contribution in [2.24, 2.45) is 7.05 Å². The monoisotopic (exact) mass is 298 g/mol. The van der Waals surface area contributed by atoms with Crippen LogP contribution in [0.15, 0.2) is 35.5 Å². The number of nitrogens with zero attached hydrogens (tertiary/aromatic N) is 4. The van der Waals surface area contributed by atoms with Crippen LogP contribution in [0.4, 0.5) is 0 Å². The van der Waals surface area contributed by atoms with Crippen molar-refractivity contribution in [3.05, 3.63) is 58.0 Å². The Bertz CT molecular complexity index is 754. The number of hydrogen-bond donors (Lipinski definition) is 0. The zero-order valence-corrected chi connectivity index (χ0v) is 12.7. The van der Waals surface area contributed by atoms with Gasteiger partial charge in [0.2, 0.25) is 0 Å². The molecule has 3 rings (SSSR count). The number of carbonyl (C=O) groups is 1. The zero-order chi connectivity index (χ0) is 15.7. The standard InChI is InChI=1S/C16H18N4O2/c1-11-5-6-12(15(21)19(11)2)16(22)20-9-3-4-14(20)13-7-8-17-10-18-13/h5-8,10,14H,3-4,9H2,1-2H3. The fraction of sp³-hybridized carbons (Fsp3) is 0.375. The first kappa shape index (κ1) is 14.4. The Kier molecular flexibility index (Phi) is 3.75. The van der Waals surface area contributed by atoms with Gasteiger partial charge in [-0.2, -0.15) is 0 Å². The zero-order valence-electron chi connectivity index (χ0n) is 12.7. The predicted molar refractivity (Wildman–Crippen MR) is 81.5 cm³/mol. The normalized spacial score (nSPS) is 17.7. The highest BCUT2D eigenvalue weighted by Crippen LogP contribution is 2.31. The van der Waals surface area contributed by atoms with Crippen LogP contribution in [0.3, 0.4) is 0 Å². The van der Waals surface area contributed by atoms with Crippen molar-refractivity contribution in [1.82, 2.24) is 19.4 Å². The third-order valence-electron chi connectivity index (χ3n) is 4.25. The summed E-state index contributed by atoms with van der Waals surface area (Å²) in [6.45, 7) is 2.49. The van der Waals surface area contributed by atoms with Crippen LogP contribution in [0.1, 0.15) is 40.6 Å². The van der Waals surface area contributed by atoms with E-state index in [1.165, 1.54) is 10.9 Å². The van der Waals surface area contributed by atoms with Gasteiger partial charge in [0.1, 0.15) is 11.9 Å². The summed E-state index contributed by atoms with van der Waals surface area (Å²) in [5, 5.41) is 0. The Morgan fingerprint density at radius 3 is 2.86 bits per heavy atom. The molecule has 0 radical (unpaired) electrons. The smallest absolute Gasteiger partial charge is 0.263 e. The molecule has 1 atom stereocenters. The topological polar surface area (TPSA) is 68.1 Å². The van der Waals surface area contributed by atoms with E-state index in [4.69, 9.17) is 0 Å². The van der Waals surface area contributed by atoms with Gasteiger partial charge >= 0.3 is 0 Å². The first-order valence-corrected chi connectivity index (χ1v) is 7.33. The number of likely N-dealkylation sites (tertiary alicyclic amines) is 1.